The standard InChI is InChI=1S/C14H18N6O3/c1-14(2,8-21)16-13(23)12(22)15-10-6-4-9(5-7-10)11-17-19-20(3)18-11/h4-7,21H,8H2,1-3H3,(H,15,22)(H,16,23). The van der Waals surface area contributed by atoms with Gasteiger partial charge in [0.05, 0.1) is 19.2 Å². The molecule has 9 heteroatoms. The van der Waals surface area contributed by atoms with Crippen LogP contribution in [0.25, 0.3) is 11.4 Å². The van der Waals surface area contributed by atoms with Gasteiger partial charge < -0.3 is 15.7 Å². The lowest BCUT2D eigenvalue weighted by Gasteiger charge is -2.22. The highest BCUT2D eigenvalue weighted by Gasteiger charge is 2.23. The minimum absolute atomic E-state index is 0.272. The number of aryl methyl sites for hydroxylation is 1. The molecular weight excluding hydrogens is 300 g/mol. The number of nitrogens with one attached hydrogen (secondary N) is 2. The van der Waals surface area contributed by atoms with E-state index in [1.807, 2.05) is 0 Å². The summed E-state index contributed by atoms with van der Waals surface area (Å²) < 4.78 is 0. The van der Waals surface area contributed by atoms with Crippen molar-refractivity contribution in [1.82, 2.24) is 25.5 Å². The van der Waals surface area contributed by atoms with Gasteiger partial charge in [-0.15, -0.1) is 10.2 Å². The molecular formula is C14H18N6O3. The molecule has 0 saturated heterocycles. The lowest BCUT2D eigenvalue weighted by Crippen LogP contribution is -2.50. The minimum atomic E-state index is -0.865. The maximum absolute atomic E-state index is 11.8. The predicted octanol–water partition coefficient (Wildman–Crippen LogP) is -0.297. The molecule has 9 nitrogen and oxygen atoms in total. The van der Waals surface area contributed by atoms with Gasteiger partial charge in [-0.1, -0.05) is 0 Å². The van der Waals surface area contributed by atoms with E-state index in [9.17, 15) is 9.59 Å². The number of rotatable bonds is 4. The van der Waals surface area contributed by atoms with Gasteiger partial charge in [-0.25, -0.2) is 0 Å². The summed E-state index contributed by atoms with van der Waals surface area (Å²) in [5.41, 5.74) is 0.331. The van der Waals surface area contributed by atoms with E-state index >= 15 is 0 Å². The van der Waals surface area contributed by atoms with Crippen LogP contribution in [0.5, 0.6) is 0 Å². The van der Waals surface area contributed by atoms with E-state index in [1.54, 1.807) is 45.2 Å². The van der Waals surface area contributed by atoms with Crippen LogP contribution in [0.15, 0.2) is 24.3 Å². The second-order valence-corrected chi connectivity index (χ2v) is 5.63. The number of aromatic nitrogens is 4. The number of nitrogens with zero attached hydrogens (tertiary/aromatic N) is 4. The second kappa shape index (κ2) is 6.53. The summed E-state index contributed by atoms with van der Waals surface area (Å²) in [6, 6.07) is 6.69. The molecule has 2 rings (SSSR count). The van der Waals surface area contributed by atoms with Crippen molar-refractivity contribution in [2.75, 3.05) is 11.9 Å². The van der Waals surface area contributed by atoms with Gasteiger partial charge in [0.2, 0.25) is 5.82 Å². The number of aliphatic hydroxyl groups is 1. The highest BCUT2D eigenvalue weighted by Crippen LogP contribution is 2.17. The van der Waals surface area contributed by atoms with Crippen molar-refractivity contribution < 1.29 is 14.7 Å². The summed E-state index contributed by atoms with van der Waals surface area (Å²) >= 11 is 0. The summed E-state index contributed by atoms with van der Waals surface area (Å²) in [7, 11) is 1.66. The number of carbonyl (C=O) groups is 2. The fraction of sp³-hybridized carbons (Fsp3) is 0.357. The van der Waals surface area contributed by atoms with Gasteiger partial charge >= 0.3 is 11.8 Å². The van der Waals surface area contributed by atoms with Gasteiger partial charge in [-0.2, -0.15) is 4.80 Å². The van der Waals surface area contributed by atoms with Crippen LogP contribution in [0.3, 0.4) is 0 Å². The molecule has 0 unspecified atom stereocenters. The van der Waals surface area contributed by atoms with E-state index in [2.05, 4.69) is 26.0 Å². The van der Waals surface area contributed by atoms with Crippen molar-refractivity contribution in [2.24, 2.45) is 7.05 Å². The molecule has 0 radical (unpaired) electrons. The average molecular weight is 318 g/mol. The van der Waals surface area contributed by atoms with Crippen LogP contribution in [-0.4, -0.2) is 49.3 Å². The molecule has 0 atom stereocenters. The van der Waals surface area contributed by atoms with Crippen LogP contribution in [-0.2, 0) is 16.6 Å². The Balaban J connectivity index is 2.00. The van der Waals surface area contributed by atoms with Crippen molar-refractivity contribution in [2.45, 2.75) is 19.4 Å². The molecule has 3 N–H and O–H groups in total. The summed E-state index contributed by atoms with van der Waals surface area (Å²) in [5, 5.41) is 25.7. The number of hydrogen-bond donors (Lipinski definition) is 3. The van der Waals surface area contributed by atoms with E-state index in [-0.39, 0.29) is 6.61 Å². The van der Waals surface area contributed by atoms with Crippen LogP contribution < -0.4 is 10.6 Å². The van der Waals surface area contributed by atoms with Crippen LogP contribution in [0.4, 0.5) is 5.69 Å². The highest BCUT2D eigenvalue weighted by molar-refractivity contribution is 6.39. The first-order chi connectivity index (χ1) is 10.8. The molecule has 0 aliphatic carbocycles. The Bertz CT molecular complexity index is 708. The van der Waals surface area contributed by atoms with Crippen LogP contribution >= 0.6 is 0 Å². The van der Waals surface area contributed by atoms with Crippen molar-refractivity contribution in [3.05, 3.63) is 24.3 Å². The summed E-state index contributed by atoms with van der Waals surface area (Å²) in [6.45, 7) is 2.95. The number of anilines is 1. The second-order valence-electron chi connectivity index (χ2n) is 5.63. The number of benzene rings is 1. The van der Waals surface area contributed by atoms with E-state index in [0.717, 1.165) is 5.56 Å². The molecule has 0 fully saturated rings. The number of carbonyl (C=O) groups excluding carboxylic acids is 2. The third-order valence-electron chi connectivity index (χ3n) is 2.96. The average Bonchev–Trinajstić information content (AvgIpc) is 2.94. The first-order valence-electron chi connectivity index (χ1n) is 6.89. The monoisotopic (exact) mass is 318 g/mol. The molecule has 1 heterocycles. The van der Waals surface area contributed by atoms with Gasteiger partial charge in [0.1, 0.15) is 0 Å². The molecule has 0 bridgehead atoms. The quantitative estimate of drug-likeness (QED) is 0.665. The largest absolute Gasteiger partial charge is 0.394 e. The third kappa shape index (κ3) is 4.33. The van der Waals surface area contributed by atoms with E-state index in [1.165, 1.54) is 4.80 Å². The smallest absolute Gasteiger partial charge is 0.313 e. The van der Waals surface area contributed by atoms with Gasteiger partial charge in [-0.05, 0) is 43.3 Å². The zero-order valence-electron chi connectivity index (χ0n) is 13.1. The van der Waals surface area contributed by atoms with Crippen molar-refractivity contribution in [1.29, 1.82) is 0 Å². The van der Waals surface area contributed by atoms with Gasteiger partial charge in [-0.3, -0.25) is 9.59 Å². The number of amides is 2. The zero-order chi connectivity index (χ0) is 17.0. The predicted molar refractivity (Wildman–Crippen MR) is 82.2 cm³/mol. The van der Waals surface area contributed by atoms with Crippen LogP contribution in [0.1, 0.15) is 13.8 Å². The van der Waals surface area contributed by atoms with E-state index < -0.39 is 17.4 Å². The first-order valence-corrected chi connectivity index (χ1v) is 6.89. The lowest BCUT2D eigenvalue weighted by molar-refractivity contribution is -0.137. The molecule has 122 valence electrons. The maximum atomic E-state index is 11.8. The topological polar surface area (TPSA) is 122 Å². The lowest BCUT2D eigenvalue weighted by atomic mass is 10.1. The fourth-order valence-electron chi connectivity index (χ4n) is 1.69. The zero-order valence-corrected chi connectivity index (χ0v) is 13.1. The van der Waals surface area contributed by atoms with Gasteiger partial charge in [0, 0.05) is 11.3 Å². The minimum Gasteiger partial charge on any atom is -0.394 e. The van der Waals surface area contributed by atoms with Crippen molar-refractivity contribution in [3.8, 4) is 11.4 Å². The van der Waals surface area contributed by atoms with Crippen LogP contribution in [0.2, 0.25) is 0 Å². The Labute approximate surface area is 132 Å². The molecule has 0 aliphatic rings. The SMILES string of the molecule is Cn1nnc(-c2ccc(NC(=O)C(=O)NC(C)(C)CO)cc2)n1. The molecule has 0 spiro atoms. The Morgan fingerprint density at radius 1 is 1.22 bits per heavy atom. The molecule has 0 aliphatic heterocycles. The summed E-state index contributed by atoms with van der Waals surface area (Å²) in [6.07, 6.45) is 0. The Morgan fingerprint density at radius 3 is 2.39 bits per heavy atom. The molecule has 2 aromatic rings. The Kier molecular flexibility index (Phi) is 4.70. The van der Waals surface area contributed by atoms with Gasteiger partial charge in [0.15, 0.2) is 0 Å². The molecule has 2 amide bonds. The van der Waals surface area contributed by atoms with E-state index in [4.69, 9.17) is 5.11 Å². The fourth-order valence-corrected chi connectivity index (χ4v) is 1.69. The molecule has 1 aromatic carbocycles. The van der Waals surface area contributed by atoms with E-state index in [0.29, 0.717) is 11.5 Å². The Morgan fingerprint density at radius 2 is 1.87 bits per heavy atom. The van der Waals surface area contributed by atoms with Crippen molar-refractivity contribution in [3.63, 3.8) is 0 Å². The summed E-state index contributed by atoms with van der Waals surface area (Å²) in [4.78, 5) is 24.9. The number of tetrazole rings is 1. The van der Waals surface area contributed by atoms with Gasteiger partial charge in [0.25, 0.3) is 0 Å². The molecule has 0 saturated carbocycles. The first kappa shape index (κ1) is 16.6. The third-order valence-corrected chi connectivity index (χ3v) is 2.96. The number of aliphatic hydroxyl groups excluding tert-OH is 1. The van der Waals surface area contributed by atoms with Crippen LogP contribution in [0, 0.1) is 0 Å². The molecule has 1 aromatic heterocycles. The summed E-state index contributed by atoms with van der Waals surface area (Å²) in [5.74, 6) is -1.16. The number of hydrogen-bond acceptors (Lipinski definition) is 6. The Hall–Kier alpha value is -2.81. The van der Waals surface area contributed by atoms with Crippen molar-refractivity contribution >= 4 is 17.5 Å². The normalized spacial score (nSPS) is 11.1. The maximum Gasteiger partial charge on any atom is 0.313 e. The molecule has 23 heavy (non-hydrogen) atoms. The highest BCUT2D eigenvalue weighted by atomic mass is 16.3.